The first-order valence-electron chi connectivity index (χ1n) is 9.41. The minimum absolute atomic E-state index is 0.167. The third-order valence-corrected chi connectivity index (χ3v) is 5.68. The zero-order valence-electron chi connectivity index (χ0n) is 15.3. The van der Waals surface area contributed by atoms with Crippen LogP contribution in [-0.2, 0) is 15.1 Å². The summed E-state index contributed by atoms with van der Waals surface area (Å²) in [5.41, 5.74) is 3.26. The van der Waals surface area contributed by atoms with Crippen molar-refractivity contribution in [1.29, 1.82) is 0 Å². The van der Waals surface area contributed by atoms with Crippen molar-refractivity contribution in [2.75, 3.05) is 13.1 Å². The van der Waals surface area contributed by atoms with E-state index in [-0.39, 0.29) is 12.1 Å². The smallest absolute Gasteiger partial charge is 0.336 e. The number of esters is 1. The second kappa shape index (κ2) is 6.71. The summed E-state index contributed by atoms with van der Waals surface area (Å²) in [6, 6.07) is 14.1. The fraction of sp³-hybridized carbons (Fsp3) is 0.409. The lowest BCUT2D eigenvalue weighted by Gasteiger charge is -2.43. The molecule has 0 aromatic heterocycles. The lowest BCUT2D eigenvalue weighted by atomic mass is 9.84. The lowest BCUT2D eigenvalue weighted by Crippen LogP contribution is -2.54. The first-order valence-corrected chi connectivity index (χ1v) is 9.79. The Hall–Kier alpha value is -1.84. The predicted octanol–water partition coefficient (Wildman–Crippen LogP) is 5.00. The van der Waals surface area contributed by atoms with Crippen molar-refractivity contribution in [3.05, 3.63) is 58.6 Å². The van der Waals surface area contributed by atoms with Gasteiger partial charge in [0.1, 0.15) is 0 Å². The molecule has 2 aromatic rings. The van der Waals surface area contributed by atoms with E-state index in [0.29, 0.717) is 5.02 Å². The van der Waals surface area contributed by atoms with Crippen molar-refractivity contribution < 1.29 is 9.53 Å². The Morgan fingerprint density at radius 2 is 1.73 bits per heavy atom. The van der Waals surface area contributed by atoms with Crippen LogP contribution < -0.4 is 0 Å². The molecule has 0 unspecified atom stereocenters. The van der Waals surface area contributed by atoms with Crippen LogP contribution in [0.2, 0.25) is 5.02 Å². The van der Waals surface area contributed by atoms with Gasteiger partial charge in [-0.2, -0.15) is 0 Å². The van der Waals surface area contributed by atoms with Crippen LogP contribution in [0.15, 0.2) is 42.5 Å². The number of fused-ring (bicyclic) bond motifs is 3. The molecule has 0 spiro atoms. The molecular formula is C22H24ClNO2. The number of nitrogens with zero attached hydrogens (tertiary/aromatic N) is 1. The van der Waals surface area contributed by atoms with Crippen LogP contribution >= 0.6 is 11.6 Å². The van der Waals surface area contributed by atoms with Crippen molar-refractivity contribution in [1.82, 2.24) is 4.90 Å². The van der Waals surface area contributed by atoms with Crippen LogP contribution in [-0.4, -0.2) is 30.1 Å². The van der Waals surface area contributed by atoms with E-state index < -0.39 is 5.54 Å². The predicted molar refractivity (Wildman–Crippen MR) is 104 cm³/mol. The van der Waals surface area contributed by atoms with Gasteiger partial charge in [0.15, 0.2) is 5.54 Å². The highest BCUT2D eigenvalue weighted by Crippen LogP contribution is 2.52. The van der Waals surface area contributed by atoms with E-state index in [1.165, 1.54) is 6.42 Å². The van der Waals surface area contributed by atoms with Crippen molar-refractivity contribution in [3.8, 4) is 11.1 Å². The molecule has 0 N–H and O–H groups in total. The highest BCUT2D eigenvalue weighted by atomic mass is 35.5. The van der Waals surface area contributed by atoms with Gasteiger partial charge in [0, 0.05) is 5.02 Å². The van der Waals surface area contributed by atoms with Gasteiger partial charge in [-0.15, -0.1) is 0 Å². The maximum absolute atomic E-state index is 13.6. The molecule has 0 saturated carbocycles. The van der Waals surface area contributed by atoms with Crippen molar-refractivity contribution in [2.45, 2.75) is 44.8 Å². The number of benzene rings is 2. The molecular weight excluding hydrogens is 346 g/mol. The van der Waals surface area contributed by atoms with Gasteiger partial charge in [-0.1, -0.05) is 48.4 Å². The van der Waals surface area contributed by atoms with Gasteiger partial charge in [-0.25, -0.2) is 4.79 Å². The van der Waals surface area contributed by atoms with Crippen LogP contribution in [0.25, 0.3) is 11.1 Å². The number of carbonyl (C=O) groups excluding carboxylic acids is 1. The monoisotopic (exact) mass is 369 g/mol. The normalized spacial score (nSPS) is 22.2. The van der Waals surface area contributed by atoms with Gasteiger partial charge in [0.2, 0.25) is 0 Å². The molecule has 0 bridgehead atoms. The number of ether oxygens (including phenoxy) is 1. The molecule has 2 aliphatic rings. The first-order chi connectivity index (χ1) is 12.5. The van der Waals surface area contributed by atoms with Gasteiger partial charge < -0.3 is 4.74 Å². The Morgan fingerprint density at radius 3 is 2.46 bits per heavy atom. The van der Waals surface area contributed by atoms with Crippen molar-refractivity contribution in [2.24, 2.45) is 0 Å². The SMILES string of the molecule is CC(C)OC(=O)[C@@]1(N2CCCCC2)c2ccccc2-c2ccc(Cl)cc21. The van der Waals surface area contributed by atoms with Crippen LogP contribution in [0.1, 0.15) is 44.2 Å². The maximum Gasteiger partial charge on any atom is 0.336 e. The number of likely N-dealkylation sites (tertiary alicyclic amines) is 1. The molecule has 4 rings (SSSR count). The molecule has 4 heteroatoms. The Balaban J connectivity index is 2.00. The number of halogens is 1. The van der Waals surface area contributed by atoms with Crippen LogP contribution in [0.4, 0.5) is 0 Å². The molecule has 0 radical (unpaired) electrons. The molecule has 1 heterocycles. The Labute approximate surface area is 159 Å². The molecule has 1 fully saturated rings. The average molecular weight is 370 g/mol. The van der Waals surface area contributed by atoms with Gasteiger partial charge in [-0.05, 0) is 74.2 Å². The summed E-state index contributed by atoms with van der Waals surface area (Å²) >= 11 is 6.37. The highest BCUT2D eigenvalue weighted by molar-refractivity contribution is 6.30. The standard InChI is InChI=1S/C22H24ClNO2/c1-15(2)26-21(25)22(24-12-6-3-7-13-24)19-9-5-4-8-17(19)18-11-10-16(23)14-20(18)22/h4-5,8-11,14-15H,3,6-7,12-13H2,1-2H3/t22-/m1/s1. The zero-order valence-corrected chi connectivity index (χ0v) is 16.1. The van der Waals surface area contributed by atoms with Crippen LogP contribution in [0.5, 0.6) is 0 Å². The quantitative estimate of drug-likeness (QED) is 0.713. The third kappa shape index (κ3) is 2.57. The number of rotatable bonds is 3. The molecule has 26 heavy (non-hydrogen) atoms. The number of hydrogen-bond acceptors (Lipinski definition) is 3. The molecule has 1 atom stereocenters. The summed E-state index contributed by atoms with van der Waals surface area (Å²) in [5, 5.41) is 0.648. The Bertz CT molecular complexity index is 842. The molecule has 1 aliphatic heterocycles. The molecule has 3 nitrogen and oxygen atoms in total. The zero-order chi connectivity index (χ0) is 18.3. The number of hydrogen-bond donors (Lipinski definition) is 0. The number of piperidine rings is 1. The summed E-state index contributed by atoms with van der Waals surface area (Å²) in [6.07, 6.45) is 3.22. The Kier molecular flexibility index (Phi) is 4.54. The molecule has 136 valence electrons. The maximum atomic E-state index is 13.6. The molecule has 1 saturated heterocycles. The van der Waals surface area contributed by atoms with E-state index in [9.17, 15) is 4.79 Å². The summed E-state index contributed by atoms with van der Waals surface area (Å²) in [4.78, 5) is 15.9. The van der Waals surface area contributed by atoms with E-state index in [1.807, 2.05) is 44.2 Å². The third-order valence-electron chi connectivity index (χ3n) is 5.45. The van der Waals surface area contributed by atoms with E-state index >= 15 is 0 Å². The van der Waals surface area contributed by atoms with Gasteiger partial charge in [-0.3, -0.25) is 4.90 Å². The lowest BCUT2D eigenvalue weighted by molar-refractivity contribution is -0.161. The second-order valence-corrected chi connectivity index (χ2v) is 7.88. The van der Waals surface area contributed by atoms with Crippen LogP contribution in [0.3, 0.4) is 0 Å². The summed E-state index contributed by atoms with van der Waals surface area (Å²) < 4.78 is 5.82. The van der Waals surface area contributed by atoms with Crippen LogP contribution in [0, 0.1) is 0 Å². The van der Waals surface area contributed by atoms with Gasteiger partial charge in [0.05, 0.1) is 6.10 Å². The minimum atomic E-state index is -0.901. The number of carbonyl (C=O) groups is 1. The van der Waals surface area contributed by atoms with Gasteiger partial charge >= 0.3 is 5.97 Å². The fourth-order valence-corrected chi connectivity index (χ4v) is 4.62. The van der Waals surface area contributed by atoms with Crippen molar-refractivity contribution in [3.63, 3.8) is 0 Å². The largest absolute Gasteiger partial charge is 0.461 e. The average Bonchev–Trinajstić information content (AvgIpc) is 2.92. The summed E-state index contributed by atoms with van der Waals surface area (Å²) in [5.74, 6) is -0.192. The fourth-order valence-electron chi connectivity index (χ4n) is 4.45. The minimum Gasteiger partial charge on any atom is -0.461 e. The van der Waals surface area contributed by atoms with E-state index in [1.54, 1.807) is 0 Å². The van der Waals surface area contributed by atoms with E-state index in [0.717, 1.165) is 48.2 Å². The summed E-state index contributed by atoms with van der Waals surface area (Å²) in [6.45, 7) is 5.57. The molecule has 1 aliphatic carbocycles. The van der Waals surface area contributed by atoms with Crippen molar-refractivity contribution >= 4 is 17.6 Å². The Morgan fingerprint density at radius 1 is 1.04 bits per heavy atom. The van der Waals surface area contributed by atoms with E-state index in [2.05, 4.69) is 17.0 Å². The molecule has 2 aromatic carbocycles. The highest BCUT2D eigenvalue weighted by Gasteiger charge is 2.55. The topological polar surface area (TPSA) is 29.5 Å². The first kappa shape index (κ1) is 17.6. The molecule has 0 amide bonds. The summed E-state index contributed by atoms with van der Waals surface area (Å²) in [7, 11) is 0. The van der Waals surface area contributed by atoms with Gasteiger partial charge in [0.25, 0.3) is 0 Å². The second-order valence-electron chi connectivity index (χ2n) is 7.45. The van der Waals surface area contributed by atoms with E-state index in [4.69, 9.17) is 16.3 Å².